The summed E-state index contributed by atoms with van der Waals surface area (Å²) in [7, 11) is -3.91. The van der Waals surface area contributed by atoms with Crippen molar-refractivity contribution in [1.29, 1.82) is 0 Å². The monoisotopic (exact) mass is 268 g/mol. The highest BCUT2D eigenvalue weighted by Gasteiger charge is 2.17. The van der Waals surface area contributed by atoms with Crippen molar-refractivity contribution in [2.45, 2.75) is 11.8 Å². The van der Waals surface area contributed by atoms with Crippen LogP contribution in [-0.2, 0) is 10.0 Å². The van der Waals surface area contributed by atoms with E-state index in [1.165, 1.54) is 18.2 Å². The molecule has 0 fully saturated rings. The molecule has 8 heteroatoms. The van der Waals surface area contributed by atoms with E-state index in [0.29, 0.717) is 0 Å². The number of rotatable bonds is 3. The van der Waals surface area contributed by atoms with Gasteiger partial charge in [0.2, 0.25) is 15.9 Å². The molecule has 0 saturated carbocycles. The smallest absolute Gasteiger partial charge is 0.241 e. The molecule has 0 aliphatic heterocycles. The molecular formula is C10H12N4O3S. The molecule has 5 N–H and O–H groups in total. The zero-order chi connectivity index (χ0) is 13.3. The zero-order valence-electron chi connectivity index (χ0n) is 9.54. The number of aromatic nitrogens is 2. The van der Waals surface area contributed by atoms with Gasteiger partial charge in [-0.15, -0.1) is 5.10 Å². The van der Waals surface area contributed by atoms with E-state index in [9.17, 15) is 8.42 Å². The minimum atomic E-state index is -3.91. The van der Waals surface area contributed by atoms with Crippen molar-refractivity contribution in [3.8, 4) is 11.6 Å². The maximum atomic E-state index is 11.4. The number of nitrogens with zero attached hydrogens (tertiary/aromatic N) is 1. The zero-order valence-corrected chi connectivity index (χ0v) is 10.4. The Morgan fingerprint density at radius 3 is 2.61 bits per heavy atom. The second kappa shape index (κ2) is 4.31. The fourth-order valence-corrected chi connectivity index (χ4v) is 2.08. The van der Waals surface area contributed by atoms with Gasteiger partial charge in [0.25, 0.3) is 0 Å². The van der Waals surface area contributed by atoms with E-state index in [4.69, 9.17) is 15.6 Å². The maximum absolute atomic E-state index is 11.4. The van der Waals surface area contributed by atoms with E-state index in [-0.39, 0.29) is 22.2 Å². The SMILES string of the molecule is Cc1cc(Oc2ccc(N)cc2S(N)(=O)=O)n[nH]1. The number of hydrogen-bond donors (Lipinski definition) is 3. The first kappa shape index (κ1) is 12.4. The fraction of sp³-hybridized carbons (Fsp3) is 0.100. The highest BCUT2D eigenvalue weighted by atomic mass is 32.2. The molecule has 7 nitrogen and oxygen atoms in total. The standard InChI is InChI=1S/C10H12N4O3S/c1-6-4-10(14-13-6)17-8-3-2-7(11)5-9(8)18(12,15)16/h2-5H,11H2,1H3,(H,13,14)(H2,12,15,16). The number of nitrogen functional groups attached to an aromatic ring is 1. The highest BCUT2D eigenvalue weighted by molar-refractivity contribution is 7.89. The molecule has 0 aliphatic carbocycles. The third kappa shape index (κ3) is 2.60. The predicted octanol–water partition coefficient (Wildman–Crippen LogP) is 0.740. The topological polar surface area (TPSA) is 124 Å². The normalized spacial score (nSPS) is 11.4. The van der Waals surface area contributed by atoms with Crippen molar-refractivity contribution in [2.75, 3.05) is 5.73 Å². The summed E-state index contributed by atoms with van der Waals surface area (Å²) in [4.78, 5) is -0.178. The lowest BCUT2D eigenvalue weighted by Gasteiger charge is -2.08. The van der Waals surface area contributed by atoms with Gasteiger partial charge < -0.3 is 10.5 Å². The van der Waals surface area contributed by atoms with Gasteiger partial charge in [0.1, 0.15) is 10.6 Å². The summed E-state index contributed by atoms with van der Waals surface area (Å²) in [5, 5.41) is 11.6. The molecule has 18 heavy (non-hydrogen) atoms. The Bertz CT molecular complexity index is 678. The lowest BCUT2D eigenvalue weighted by atomic mass is 10.3. The van der Waals surface area contributed by atoms with Crippen LogP contribution in [0.2, 0.25) is 0 Å². The van der Waals surface area contributed by atoms with Crippen LogP contribution in [0.1, 0.15) is 5.69 Å². The maximum Gasteiger partial charge on any atom is 0.241 e. The fourth-order valence-electron chi connectivity index (χ4n) is 1.39. The highest BCUT2D eigenvalue weighted by Crippen LogP contribution is 2.29. The van der Waals surface area contributed by atoms with Crippen molar-refractivity contribution >= 4 is 15.7 Å². The first-order chi connectivity index (χ1) is 8.36. The number of aryl methyl sites for hydroxylation is 1. The Balaban J connectivity index is 2.45. The molecule has 1 aromatic heterocycles. The van der Waals surface area contributed by atoms with Gasteiger partial charge in [-0.1, -0.05) is 0 Å². The molecule has 0 bridgehead atoms. The van der Waals surface area contributed by atoms with Crippen molar-refractivity contribution in [3.05, 3.63) is 30.0 Å². The van der Waals surface area contributed by atoms with E-state index in [1.54, 1.807) is 13.0 Å². The largest absolute Gasteiger partial charge is 0.436 e. The third-order valence-electron chi connectivity index (χ3n) is 2.17. The van der Waals surface area contributed by atoms with Crippen LogP contribution < -0.4 is 15.6 Å². The van der Waals surface area contributed by atoms with Gasteiger partial charge in [-0.05, 0) is 25.1 Å². The number of H-pyrrole nitrogens is 1. The second-order valence-electron chi connectivity index (χ2n) is 3.74. The molecule has 0 unspecified atom stereocenters. The van der Waals surface area contributed by atoms with Crippen molar-refractivity contribution in [2.24, 2.45) is 5.14 Å². The van der Waals surface area contributed by atoms with Crippen LogP contribution in [0.15, 0.2) is 29.2 Å². The number of aromatic amines is 1. The lowest BCUT2D eigenvalue weighted by molar-refractivity contribution is 0.448. The molecule has 2 rings (SSSR count). The van der Waals surface area contributed by atoms with E-state index in [1.807, 2.05) is 0 Å². The first-order valence-corrected chi connectivity index (χ1v) is 6.53. The van der Waals surface area contributed by atoms with Gasteiger partial charge in [0.05, 0.1) is 0 Å². The third-order valence-corrected chi connectivity index (χ3v) is 3.10. The summed E-state index contributed by atoms with van der Waals surface area (Å²) in [5.41, 5.74) is 6.60. The van der Waals surface area contributed by atoms with Crippen molar-refractivity contribution < 1.29 is 13.2 Å². The van der Waals surface area contributed by atoms with E-state index < -0.39 is 10.0 Å². The Kier molecular flexibility index (Phi) is 2.97. The first-order valence-electron chi connectivity index (χ1n) is 4.98. The minimum Gasteiger partial charge on any atom is -0.436 e. The summed E-state index contributed by atoms with van der Waals surface area (Å²) in [6.45, 7) is 1.80. The number of nitrogens with two attached hydrogens (primary N) is 2. The second-order valence-corrected chi connectivity index (χ2v) is 5.27. The minimum absolute atomic E-state index is 0.0817. The lowest BCUT2D eigenvalue weighted by Crippen LogP contribution is -2.13. The van der Waals surface area contributed by atoms with Gasteiger partial charge >= 0.3 is 0 Å². The van der Waals surface area contributed by atoms with Crippen LogP contribution >= 0.6 is 0 Å². The van der Waals surface area contributed by atoms with Gasteiger partial charge in [0, 0.05) is 17.4 Å². The average molecular weight is 268 g/mol. The van der Waals surface area contributed by atoms with Crippen LogP contribution in [0.4, 0.5) is 5.69 Å². The molecular weight excluding hydrogens is 256 g/mol. The molecule has 2 aromatic rings. The summed E-state index contributed by atoms with van der Waals surface area (Å²) in [5.74, 6) is 0.334. The molecule has 0 amide bonds. The Hall–Kier alpha value is -2.06. The Labute approximate surface area is 104 Å². The summed E-state index contributed by atoms with van der Waals surface area (Å²) >= 11 is 0. The average Bonchev–Trinajstić information content (AvgIpc) is 2.65. The van der Waals surface area contributed by atoms with Crippen molar-refractivity contribution in [1.82, 2.24) is 10.2 Å². The molecule has 1 aromatic carbocycles. The molecule has 0 atom stereocenters. The molecule has 0 spiro atoms. The summed E-state index contributed by atoms with van der Waals surface area (Å²) < 4.78 is 28.2. The van der Waals surface area contributed by atoms with Gasteiger partial charge in [-0.3, -0.25) is 5.10 Å². The van der Waals surface area contributed by atoms with Crippen LogP contribution in [0.25, 0.3) is 0 Å². The molecule has 96 valence electrons. The van der Waals surface area contributed by atoms with E-state index in [2.05, 4.69) is 10.2 Å². The van der Waals surface area contributed by atoms with Crippen LogP contribution in [-0.4, -0.2) is 18.6 Å². The van der Waals surface area contributed by atoms with Crippen LogP contribution in [0, 0.1) is 6.92 Å². The number of hydrogen-bond acceptors (Lipinski definition) is 5. The summed E-state index contributed by atoms with van der Waals surface area (Å²) in [6.07, 6.45) is 0. The number of nitrogens with one attached hydrogen (secondary N) is 1. The Morgan fingerprint density at radius 2 is 2.06 bits per heavy atom. The number of anilines is 1. The predicted molar refractivity (Wildman–Crippen MR) is 65.6 cm³/mol. The van der Waals surface area contributed by atoms with Gasteiger partial charge in [-0.2, -0.15) is 0 Å². The molecule has 0 radical (unpaired) electrons. The quantitative estimate of drug-likeness (QED) is 0.708. The van der Waals surface area contributed by atoms with Gasteiger partial charge in [-0.25, -0.2) is 13.6 Å². The number of benzene rings is 1. The summed E-state index contributed by atoms with van der Waals surface area (Å²) in [6, 6.07) is 5.82. The van der Waals surface area contributed by atoms with Crippen molar-refractivity contribution in [3.63, 3.8) is 0 Å². The van der Waals surface area contributed by atoms with Gasteiger partial charge in [0.15, 0.2) is 0 Å². The van der Waals surface area contributed by atoms with Crippen LogP contribution in [0.5, 0.6) is 11.6 Å². The van der Waals surface area contributed by atoms with E-state index in [0.717, 1.165) is 5.69 Å². The van der Waals surface area contributed by atoms with E-state index >= 15 is 0 Å². The molecule has 1 heterocycles. The molecule has 0 saturated heterocycles. The number of sulfonamides is 1. The number of ether oxygens (including phenoxy) is 1. The molecule has 0 aliphatic rings. The van der Waals surface area contributed by atoms with Crippen LogP contribution in [0.3, 0.4) is 0 Å². The number of primary sulfonamides is 1. The Morgan fingerprint density at radius 1 is 1.33 bits per heavy atom.